The molecule has 0 saturated carbocycles. The molecule has 4 aromatic rings. The number of carbonyl (C=O) groups is 2. The third-order valence-electron chi connectivity index (χ3n) is 5.78. The molecule has 1 atom stereocenters. The van der Waals surface area contributed by atoms with Crippen molar-refractivity contribution in [2.24, 2.45) is 5.41 Å². The highest BCUT2D eigenvalue weighted by atomic mass is 16.5. The third-order valence-corrected chi connectivity index (χ3v) is 5.78. The Balaban J connectivity index is 2.01. The van der Waals surface area contributed by atoms with Crippen LogP contribution in [0.2, 0.25) is 0 Å². The molecule has 1 amide bonds. The summed E-state index contributed by atoms with van der Waals surface area (Å²) in [5.74, 6) is 0.235. The summed E-state index contributed by atoms with van der Waals surface area (Å²) in [4.78, 5) is 29.6. The van der Waals surface area contributed by atoms with Crippen molar-refractivity contribution in [3.05, 3.63) is 48.2 Å². The van der Waals surface area contributed by atoms with E-state index < -0.39 is 0 Å². The van der Waals surface area contributed by atoms with E-state index in [-0.39, 0.29) is 29.8 Å². The first-order valence-electron chi connectivity index (χ1n) is 10.5. The number of imidazole rings is 1. The summed E-state index contributed by atoms with van der Waals surface area (Å²) in [5.41, 5.74) is 3.55. The number of nitrogens with zero attached hydrogens (tertiary/aromatic N) is 3. The highest BCUT2D eigenvalue weighted by Crippen LogP contribution is 2.40. The van der Waals surface area contributed by atoms with Gasteiger partial charge in [0.05, 0.1) is 42.3 Å². The molecular weight excluding hydrogens is 406 g/mol. The van der Waals surface area contributed by atoms with Crippen LogP contribution in [0.25, 0.3) is 33.3 Å². The molecule has 8 heteroatoms. The van der Waals surface area contributed by atoms with E-state index in [1.54, 1.807) is 19.3 Å². The number of aromatic nitrogens is 4. The Hall–Kier alpha value is -3.68. The summed E-state index contributed by atoms with van der Waals surface area (Å²) in [6, 6.07) is 11.1. The molecule has 0 radical (unpaired) electrons. The molecule has 2 aromatic heterocycles. The fourth-order valence-electron chi connectivity index (χ4n) is 4.00. The third kappa shape index (κ3) is 3.84. The van der Waals surface area contributed by atoms with Crippen molar-refractivity contribution in [3.8, 4) is 11.4 Å². The van der Waals surface area contributed by atoms with Gasteiger partial charge >= 0.3 is 5.97 Å². The molecule has 2 aromatic carbocycles. The number of nitrogens with one attached hydrogen (secondary N) is 2. The monoisotopic (exact) mass is 433 g/mol. The summed E-state index contributed by atoms with van der Waals surface area (Å²) in [5, 5.41) is 10.8. The highest BCUT2D eigenvalue weighted by Gasteiger charge is 2.33. The summed E-state index contributed by atoms with van der Waals surface area (Å²) in [6.45, 7) is 6.24. The Bertz CT molecular complexity index is 1310. The largest absolute Gasteiger partial charge is 0.469 e. The lowest BCUT2D eigenvalue weighted by molar-refractivity contribution is -0.142. The minimum absolute atomic E-state index is 0.176. The molecule has 0 aliphatic rings. The molecule has 0 aliphatic heterocycles. The number of methoxy groups -OCH3 is 1. The zero-order chi connectivity index (χ0) is 23.0. The Morgan fingerprint density at radius 2 is 1.97 bits per heavy atom. The van der Waals surface area contributed by atoms with E-state index in [1.807, 2.05) is 30.3 Å². The molecule has 8 nitrogen and oxygen atoms in total. The lowest BCUT2D eigenvalue weighted by atomic mass is 9.84. The topological polar surface area (TPSA) is 102 Å². The molecule has 32 heavy (non-hydrogen) atoms. The lowest BCUT2D eigenvalue weighted by Crippen LogP contribution is -2.28. The molecular formula is C24H27N5O3. The second kappa shape index (κ2) is 8.11. The molecule has 0 aliphatic carbocycles. The van der Waals surface area contributed by atoms with E-state index in [4.69, 9.17) is 9.72 Å². The zero-order valence-corrected chi connectivity index (χ0v) is 18.9. The van der Waals surface area contributed by atoms with Gasteiger partial charge < -0.3 is 14.6 Å². The number of ether oxygens (including phenoxy) is 1. The molecule has 0 spiro atoms. The van der Waals surface area contributed by atoms with Crippen molar-refractivity contribution >= 4 is 33.8 Å². The first-order chi connectivity index (χ1) is 15.2. The summed E-state index contributed by atoms with van der Waals surface area (Å²) in [6.07, 6.45) is 1.95. The first-order valence-corrected chi connectivity index (χ1v) is 10.5. The standard InChI is InChI=1S/C24H27N5O3/c1-24(2,3)20(12-21(30)32-5)29-19-11-15(23(31)25-4)8-9-17(19)27-22(29)14-6-7-16-13-26-28-18(16)10-14/h6-11,13,20H,12H2,1-5H3,(H,25,31)(H,26,28)/t20-/m0/s1. The van der Waals surface area contributed by atoms with Crippen LogP contribution in [-0.4, -0.2) is 45.8 Å². The van der Waals surface area contributed by atoms with Gasteiger partial charge in [0, 0.05) is 23.6 Å². The number of rotatable bonds is 5. The average molecular weight is 434 g/mol. The molecule has 2 heterocycles. The molecule has 0 unspecified atom stereocenters. The summed E-state index contributed by atoms with van der Waals surface area (Å²) in [7, 11) is 2.99. The maximum absolute atomic E-state index is 12.4. The fourth-order valence-corrected chi connectivity index (χ4v) is 4.00. The van der Waals surface area contributed by atoms with E-state index in [0.29, 0.717) is 5.56 Å². The summed E-state index contributed by atoms with van der Waals surface area (Å²) < 4.78 is 7.07. The van der Waals surface area contributed by atoms with E-state index >= 15 is 0 Å². The fraction of sp³-hybridized carbons (Fsp3) is 0.333. The second-order valence-corrected chi connectivity index (χ2v) is 8.92. The highest BCUT2D eigenvalue weighted by molar-refractivity contribution is 5.98. The van der Waals surface area contributed by atoms with Gasteiger partial charge in [-0.3, -0.25) is 14.7 Å². The van der Waals surface area contributed by atoms with Crippen LogP contribution < -0.4 is 5.32 Å². The number of hydrogen-bond donors (Lipinski definition) is 2. The quantitative estimate of drug-likeness (QED) is 0.462. The minimum Gasteiger partial charge on any atom is -0.469 e. The van der Waals surface area contributed by atoms with Gasteiger partial charge in [-0.15, -0.1) is 0 Å². The average Bonchev–Trinajstić information content (AvgIpc) is 3.39. The minimum atomic E-state index is -0.302. The maximum atomic E-state index is 12.4. The number of fused-ring (bicyclic) bond motifs is 2. The van der Waals surface area contributed by atoms with Gasteiger partial charge in [0.25, 0.3) is 5.91 Å². The number of benzene rings is 2. The number of H-pyrrole nitrogens is 1. The van der Waals surface area contributed by atoms with E-state index in [2.05, 4.69) is 40.9 Å². The Morgan fingerprint density at radius 1 is 1.19 bits per heavy atom. The molecule has 4 rings (SSSR count). The van der Waals surface area contributed by atoms with Crippen LogP contribution in [0.5, 0.6) is 0 Å². The van der Waals surface area contributed by atoms with Gasteiger partial charge in [0.2, 0.25) is 0 Å². The van der Waals surface area contributed by atoms with Gasteiger partial charge in [0.1, 0.15) is 5.82 Å². The van der Waals surface area contributed by atoms with Gasteiger partial charge in [-0.2, -0.15) is 5.10 Å². The van der Waals surface area contributed by atoms with Gasteiger partial charge in [0.15, 0.2) is 0 Å². The Kier molecular flexibility index (Phi) is 5.46. The van der Waals surface area contributed by atoms with Crippen molar-refractivity contribution in [1.29, 1.82) is 0 Å². The second-order valence-electron chi connectivity index (χ2n) is 8.92. The van der Waals surface area contributed by atoms with Crippen molar-refractivity contribution in [2.45, 2.75) is 33.2 Å². The molecule has 166 valence electrons. The zero-order valence-electron chi connectivity index (χ0n) is 18.9. The van der Waals surface area contributed by atoms with E-state index in [1.165, 1.54) is 7.11 Å². The van der Waals surface area contributed by atoms with Crippen LogP contribution in [0.3, 0.4) is 0 Å². The van der Waals surface area contributed by atoms with Crippen molar-refractivity contribution in [3.63, 3.8) is 0 Å². The van der Waals surface area contributed by atoms with Crippen LogP contribution in [-0.2, 0) is 9.53 Å². The number of carbonyl (C=O) groups excluding carboxylic acids is 2. The van der Waals surface area contributed by atoms with Gasteiger partial charge in [-0.05, 0) is 29.7 Å². The molecule has 0 bridgehead atoms. The number of esters is 1. The predicted octanol–water partition coefficient (Wildman–Crippen LogP) is 4.09. The van der Waals surface area contributed by atoms with Crippen LogP contribution in [0.4, 0.5) is 0 Å². The number of amides is 1. The number of aromatic amines is 1. The van der Waals surface area contributed by atoms with Crippen molar-refractivity contribution in [2.75, 3.05) is 14.2 Å². The van der Waals surface area contributed by atoms with Crippen molar-refractivity contribution < 1.29 is 14.3 Å². The van der Waals surface area contributed by atoms with Crippen molar-refractivity contribution in [1.82, 2.24) is 25.1 Å². The molecule has 0 fully saturated rings. The van der Waals surface area contributed by atoms with Crippen LogP contribution in [0.1, 0.15) is 43.6 Å². The maximum Gasteiger partial charge on any atom is 0.307 e. The van der Waals surface area contributed by atoms with E-state index in [9.17, 15) is 9.59 Å². The predicted molar refractivity (Wildman–Crippen MR) is 123 cm³/mol. The van der Waals surface area contributed by atoms with Crippen LogP contribution in [0.15, 0.2) is 42.6 Å². The first kappa shape index (κ1) is 21.5. The van der Waals surface area contributed by atoms with E-state index in [0.717, 1.165) is 33.3 Å². The smallest absolute Gasteiger partial charge is 0.307 e. The summed E-state index contributed by atoms with van der Waals surface area (Å²) >= 11 is 0. The van der Waals surface area contributed by atoms with Crippen LogP contribution >= 0.6 is 0 Å². The lowest BCUT2D eigenvalue weighted by Gasteiger charge is -2.33. The number of hydrogen-bond acceptors (Lipinski definition) is 5. The van der Waals surface area contributed by atoms with Crippen LogP contribution in [0, 0.1) is 5.41 Å². The molecule has 0 saturated heterocycles. The SMILES string of the molecule is CNC(=O)c1ccc2nc(-c3ccc4cn[nH]c4c3)n([C@@H](CC(=O)OC)C(C)(C)C)c2c1. The Labute approximate surface area is 186 Å². The van der Waals surface area contributed by atoms with Gasteiger partial charge in [-0.1, -0.05) is 32.9 Å². The molecule has 2 N–H and O–H groups in total. The normalized spacial score (nSPS) is 12.8. The van der Waals surface area contributed by atoms with Gasteiger partial charge in [-0.25, -0.2) is 4.98 Å². The Morgan fingerprint density at radius 3 is 2.66 bits per heavy atom.